The number of carbonyl (C=O) groups is 5. The highest BCUT2D eigenvalue weighted by Gasteiger charge is 2.35. The third-order valence-corrected chi connectivity index (χ3v) is 6.34. The predicted octanol–water partition coefficient (Wildman–Crippen LogP) is 3.09. The molecule has 0 spiro atoms. The molecule has 1 fully saturated rings. The van der Waals surface area contributed by atoms with Crippen molar-refractivity contribution in [2.24, 2.45) is 0 Å². The van der Waals surface area contributed by atoms with Crippen LogP contribution in [0.1, 0.15) is 70.3 Å². The fourth-order valence-corrected chi connectivity index (χ4v) is 4.43. The summed E-state index contributed by atoms with van der Waals surface area (Å²) < 4.78 is 5.19. The number of nitrogens with one attached hydrogen (secondary N) is 1. The standard InChI is InChI=1S/C27H23N3O6/c31-23(19-13-22(28-14-19)26(34)29-10-3-4-11-29)16-36-27(35)18-7-5-6-17(12-18)15-30-24(32)20-8-1-2-9-21(20)25(30)33/h1-2,5-9,12-14,28H,3-4,10-11,15-16H2. The van der Waals surface area contributed by atoms with Gasteiger partial charge in [-0.05, 0) is 48.7 Å². The molecule has 0 bridgehead atoms. The Balaban J connectivity index is 1.19. The Morgan fingerprint density at radius 1 is 0.861 bits per heavy atom. The summed E-state index contributed by atoms with van der Waals surface area (Å²) in [5.41, 5.74) is 2.05. The van der Waals surface area contributed by atoms with Crippen molar-refractivity contribution in [2.75, 3.05) is 19.7 Å². The van der Waals surface area contributed by atoms with Gasteiger partial charge in [0.15, 0.2) is 6.61 Å². The summed E-state index contributed by atoms with van der Waals surface area (Å²) in [4.78, 5) is 68.4. The van der Waals surface area contributed by atoms with E-state index in [2.05, 4.69) is 4.98 Å². The summed E-state index contributed by atoms with van der Waals surface area (Å²) in [6.07, 6.45) is 3.36. The number of hydrogen-bond acceptors (Lipinski definition) is 6. The number of likely N-dealkylation sites (tertiary alicyclic amines) is 1. The van der Waals surface area contributed by atoms with Crippen LogP contribution in [0.5, 0.6) is 0 Å². The lowest BCUT2D eigenvalue weighted by Gasteiger charge is -2.14. The minimum atomic E-state index is -0.712. The lowest BCUT2D eigenvalue weighted by atomic mass is 10.1. The van der Waals surface area contributed by atoms with E-state index in [-0.39, 0.29) is 35.4 Å². The molecule has 2 aliphatic rings. The molecule has 0 radical (unpaired) electrons. The van der Waals surface area contributed by atoms with E-state index in [1.807, 2.05) is 0 Å². The minimum absolute atomic E-state index is 0.00354. The van der Waals surface area contributed by atoms with Crippen molar-refractivity contribution in [1.29, 1.82) is 0 Å². The van der Waals surface area contributed by atoms with Gasteiger partial charge in [0.25, 0.3) is 17.7 Å². The van der Waals surface area contributed by atoms with E-state index in [0.29, 0.717) is 35.5 Å². The lowest BCUT2D eigenvalue weighted by Crippen LogP contribution is -2.29. The van der Waals surface area contributed by atoms with Gasteiger partial charge in [-0.2, -0.15) is 0 Å². The Morgan fingerprint density at radius 2 is 1.56 bits per heavy atom. The summed E-state index contributed by atoms with van der Waals surface area (Å²) in [6, 6.07) is 14.5. The Labute approximate surface area is 206 Å². The summed E-state index contributed by atoms with van der Waals surface area (Å²) in [5.74, 6) is -2.08. The third kappa shape index (κ3) is 4.43. The van der Waals surface area contributed by atoms with Crippen molar-refractivity contribution in [2.45, 2.75) is 19.4 Å². The van der Waals surface area contributed by atoms with Gasteiger partial charge in [-0.3, -0.25) is 24.1 Å². The second kappa shape index (κ2) is 9.61. The van der Waals surface area contributed by atoms with Crippen molar-refractivity contribution in [1.82, 2.24) is 14.8 Å². The molecule has 1 saturated heterocycles. The van der Waals surface area contributed by atoms with Crippen LogP contribution < -0.4 is 0 Å². The van der Waals surface area contributed by atoms with Crippen LogP contribution in [0.25, 0.3) is 0 Å². The number of H-pyrrole nitrogens is 1. The van der Waals surface area contributed by atoms with Gasteiger partial charge < -0.3 is 14.6 Å². The number of aromatic nitrogens is 1. The number of esters is 1. The highest BCUT2D eigenvalue weighted by Crippen LogP contribution is 2.24. The van der Waals surface area contributed by atoms with Gasteiger partial charge in [-0.1, -0.05) is 24.3 Å². The van der Waals surface area contributed by atoms with Crippen LogP contribution >= 0.6 is 0 Å². The molecule has 1 N–H and O–H groups in total. The van der Waals surface area contributed by atoms with Crippen LogP contribution in [-0.4, -0.2) is 64.0 Å². The molecule has 9 nitrogen and oxygen atoms in total. The van der Waals surface area contributed by atoms with E-state index in [1.165, 1.54) is 24.4 Å². The molecule has 5 rings (SSSR count). The summed E-state index contributed by atoms with van der Waals surface area (Å²) in [5, 5.41) is 0. The molecule has 0 unspecified atom stereocenters. The maximum absolute atomic E-state index is 12.6. The Morgan fingerprint density at radius 3 is 2.25 bits per heavy atom. The zero-order valence-electron chi connectivity index (χ0n) is 19.4. The quantitative estimate of drug-likeness (QED) is 0.312. The lowest BCUT2D eigenvalue weighted by molar-refractivity contribution is 0.0474. The fourth-order valence-electron chi connectivity index (χ4n) is 4.43. The summed E-state index contributed by atoms with van der Waals surface area (Å²) in [7, 11) is 0. The normalized spacial score (nSPS) is 14.8. The number of ether oxygens (including phenoxy) is 1. The number of nitrogens with zero attached hydrogens (tertiary/aromatic N) is 2. The van der Waals surface area contributed by atoms with Gasteiger partial charge in [-0.15, -0.1) is 0 Å². The second-order valence-corrected chi connectivity index (χ2v) is 8.74. The van der Waals surface area contributed by atoms with E-state index in [1.54, 1.807) is 41.3 Å². The Bertz CT molecular complexity index is 1350. The topological polar surface area (TPSA) is 117 Å². The predicted molar refractivity (Wildman–Crippen MR) is 128 cm³/mol. The average Bonchev–Trinajstić information content (AvgIpc) is 3.66. The zero-order valence-corrected chi connectivity index (χ0v) is 19.4. The molecule has 1 aromatic heterocycles. The van der Waals surface area contributed by atoms with Gasteiger partial charge >= 0.3 is 5.97 Å². The van der Waals surface area contributed by atoms with E-state index in [9.17, 15) is 24.0 Å². The van der Waals surface area contributed by atoms with Crippen LogP contribution in [0.15, 0.2) is 60.8 Å². The number of fused-ring (bicyclic) bond motifs is 1. The maximum Gasteiger partial charge on any atom is 0.338 e. The Kier molecular flexibility index (Phi) is 6.20. The van der Waals surface area contributed by atoms with Crippen molar-refractivity contribution in [3.8, 4) is 0 Å². The number of aromatic amines is 1. The van der Waals surface area contributed by atoms with Crippen LogP contribution in [-0.2, 0) is 11.3 Å². The van der Waals surface area contributed by atoms with Gasteiger partial charge in [0.05, 0.1) is 23.2 Å². The first-order valence-corrected chi connectivity index (χ1v) is 11.6. The van der Waals surface area contributed by atoms with E-state index in [0.717, 1.165) is 17.7 Å². The van der Waals surface area contributed by atoms with Gasteiger partial charge in [0.1, 0.15) is 5.69 Å². The molecule has 36 heavy (non-hydrogen) atoms. The molecular formula is C27H23N3O6. The SMILES string of the molecule is O=C(COC(=O)c1cccc(CN2C(=O)c3ccccc3C2=O)c1)c1c[nH]c(C(=O)N2CCCC2)c1. The molecule has 2 aliphatic heterocycles. The number of amides is 3. The first-order chi connectivity index (χ1) is 17.4. The molecule has 2 aromatic carbocycles. The molecule has 182 valence electrons. The van der Waals surface area contributed by atoms with Crippen LogP contribution in [0, 0.1) is 0 Å². The largest absolute Gasteiger partial charge is 0.454 e. The first-order valence-electron chi connectivity index (χ1n) is 11.6. The highest BCUT2D eigenvalue weighted by molar-refractivity contribution is 6.21. The van der Waals surface area contributed by atoms with E-state index < -0.39 is 18.4 Å². The van der Waals surface area contributed by atoms with E-state index in [4.69, 9.17) is 4.74 Å². The molecule has 9 heteroatoms. The van der Waals surface area contributed by atoms with Gasteiger partial charge in [0.2, 0.25) is 5.78 Å². The molecule has 0 aliphatic carbocycles. The highest BCUT2D eigenvalue weighted by atomic mass is 16.5. The van der Waals surface area contributed by atoms with Gasteiger partial charge in [0, 0.05) is 24.8 Å². The van der Waals surface area contributed by atoms with Gasteiger partial charge in [-0.25, -0.2) is 4.79 Å². The number of Topliss-reactive ketones (excluding diaryl/α,β-unsaturated/α-hetero) is 1. The Hall–Kier alpha value is -4.53. The fraction of sp³-hybridized carbons (Fsp3) is 0.222. The molecule has 0 saturated carbocycles. The number of ketones is 1. The number of imide groups is 1. The van der Waals surface area contributed by atoms with Crippen LogP contribution in [0.3, 0.4) is 0 Å². The number of hydrogen-bond donors (Lipinski definition) is 1. The van der Waals surface area contributed by atoms with Crippen molar-refractivity contribution < 1.29 is 28.7 Å². The molecule has 3 amide bonds. The van der Waals surface area contributed by atoms with E-state index >= 15 is 0 Å². The zero-order chi connectivity index (χ0) is 25.2. The van der Waals surface area contributed by atoms with Crippen molar-refractivity contribution in [3.05, 3.63) is 94.3 Å². The average molecular weight is 485 g/mol. The van der Waals surface area contributed by atoms with Crippen LogP contribution in [0.4, 0.5) is 0 Å². The van der Waals surface area contributed by atoms with Crippen LogP contribution in [0.2, 0.25) is 0 Å². The monoisotopic (exact) mass is 485 g/mol. The minimum Gasteiger partial charge on any atom is -0.454 e. The summed E-state index contributed by atoms with van der Waals surface area (Å²) in [6.45, 7) is 0.913. The molecule has 3 aromatic rings. The second-order valence-electron chi connectivity index (χ2n) is 8.74. The molecular weight excluding hydrogens is 462 g/mol. The van der Waals surface area contributed by atoms with Crippen molar-refractivity contribution >= 4 is 29.5 Å². The summed E-state index contributed by atoms with van der Waals surface area (Å²) >= 11 is 0. The third-order valence-electron chi connectivity index (χ3n) is 6.34. The number of carbonyl (C=O) groups excluding carboxylic acids is 5. The van der Waals surface area contributed by atoms with Crippen molar-refractivity contribution in [3.63, 3.8) is 0 Å². The molecule has 3 heterocycles. The first kappa shape index (κ1) is 23.2. The smallest absolute Gasteiger partial charge is 0.338 e. The number of rotatable bonds is 7. The molecule has 0 atom stereocenters. The number of benzene rings is 2. The maximum atomic E-state index is 12.6.